The van der Waals surface area contributed by atoms with Gasteiger partial charge in [-0.1, -0.05) is 40.2 Å². The molecule has 0 bridgehead atoms. The Hall–Kier alpha value is -3.21. The van der Waals surface area contributed by atoms with Gasteiger partial charge in [0.05, 0.1) is 48.1 Å². The molecule has 3 heterocycles. The number of aromatic amines is 1. The highest BCUT2D eigenvalue weighted by Gasteiger charge is 2.26. The average molecular weight is 473 g/mol. The van der Waals surface area contributed by atoms with Gasteiger partial charge in [0.25, 0.3) is 0 Å². The van der Waals surface area contributed by atoms with Crippen LogP contribution in [0.25, 0.3) is 0 Å². The number of hydrogen-bond acceptors (Lipinski definition) is 4. The van der Waals surface area contributed by atoms with Gasteiger partial charge in [-0.25, -0.2) is 9.97 Å². The van der Waals surface area contributed by atoms with Crippen molar-refractivity contribution < 1.29 is 0 Å². The molecule has 0 spiro atoms. The summed E-state index contributed by atoms with van der Waals surface area (Å²) in [4.78, 5) is 12.7. The van der Waals surface area contributed by atoms with E-state index in [1.165, 1.54) is 11.3 Å². The van der Waals surface area contributed by atoms with Crippen LogP contribution >= 0.6 is 15.9 Å². The molecule has 0 amide bonds. The number of nitriles is 1. The van der Waals surface area contributed by atoms with Gasteiger partial charge < -0.3 is 14.9 Å². The summed E-state index contributed by atoms with van der Waals surface area (Å²) in [7, 11) is 0. The van der Waals surface area contributed by atoms with E-state index in [9.17, 15) is 0 Å². The monoisotopic (exact) mass is 472 g/mol. The number of imidazole rings is 2. The van der Waals surface area contributed by atoms with E-state index < -0.39 is 0 Å². The second-order valence-corrected chi connectivity index (χ2v) is 8.65. The molecule has 0 saturated heterocycles. The molecule has 0 saturated carbocycles. The number of aromatic nitrogens is 4. The second kappa shape index (κ2) is 8.50. The van der Waals surface area contributed by atoms with Gasteiger partial charge in [-0.15, -0.1) is 0 Å². The van der Waals surface area contributed by atoms with Crippen LogP contribution in [0.5, 0.6) is 0 Å². The summed E-state index contributed by atoms with van der Waals surface area (Å²) in [5.74, 6) is 0.919. The van der Waals surface area contributed by atoms with Crippen molar-refractivity contribution in [1.29, 1.82) is 5.26 Å². The number of H-pyrrole nitrogens is 1. The van der Waals surface area contributed by atoms with Gasteiger partial charge in [0.2, 0.25) is 0 Å². The molecule has 2 aromatic heterocycles. The zero-order valence-electron chi connectivity index (χ0n) is 16.8. The molecule has 2 N–H and O–H groups in total. The highest BCUT2D eigenvalue weighted by molar-refractivity contribution is 9.10. The van der Waals surface area contributed by atoms with E-state index in [2.05, 4.69) is 60.1 Å². The predicted molar refractivity (Wildman–Crippen MR) is 122 cm³/mol. The maximum atomic E-state index is 8.94. The zero-order valence-corrected chi connectivity index (χ0v) is 18.4. The Morgan fingerprint density at radius 1 is 1.16 bits per heavy atom. The number of nitrogens with one attached hydrogen (secondary N) is 2. The van der Waals surface area contributed by atoms with Gasteiger partial charge in [0.1, 0.15) is 5.82 Å². The smallest absolute Gasteiger partial charge is 0.110 e. The highest BCUT2D eigenvalue weighted by Crippen LogP contribution is 2.29. The van der Waals surface area contributed by atoms with E-state index in [4.69, 9.17) is 10.2 Å². The fourth-order valence-corrected chi connectivity index (χ4v) is 4.53. The van der Waals surface area contributed by atoms with Gasteiger partial charge in [0, 0.05) is 29.6 Å². The molecule has 1 unspecified atom stereocenters. The highest BCUT2D eigenvalue weighted by atomic mass is 79.9. The van der Waals surface area contributed by atoms with Gasteiger partial charge in [0.15, 0.2) is 0 Å². The molecule has 6 nitrogen and oxygen atoms in total. The molecule has 7 heteroatoms. The minimum absolute atomic E-state index is 0.108. The molecule has 4 aromatic rings. The summed E-state index contributed by atoms with van der Waals surface area (Å²) in [6.45, 7) is 1.64. The molecular weight excluding hydrogens is 452 g/mol. The van der Waals surface area contributed by atoms with Gasteiger partial charge in [-0.05, 0) is 35.4 Å². The molecule has 5 rings (SSSR count). The van der Waals surface area contributed by atoms with E-state index in [0.717, 1.165) is 40.2 Å². The lowest BCUT2D eigenvalue weighted by Gasteiger charge is -2.25. The van der Waals surface area contributed by atoms with Crippen LogP contribution in [0.3, 0.4) is 0 Å². The lowest BCUT2D eigenvalue weighted by atomic mass is 9.98. The number of hydrogen-bond donors (Lipinski definition) is 2. The first-order chi connectivity index (χ1) is 15.2. The van der Waals surface area contributed by atoms with Crippen LogP contribution in [0.4, 0.5) is 0 Å². The summed E-state index contributed by atoms with van der Waals surface area (Å²) in [5.41, 5.74) is 6.44. The van der Waals surface area contributed by atoms with Crippen LogP contribution in [-0.4, -0.2) is 26.1 Å². The van der Waals surface area contributed by atoms with Crippen molar-refractivity contribution in [2.75, 3.05) is 6.54 Å². The quantitative estimate of drug-likeness (QED) is 0.457. The molecule has 1 aliphatic rings. The molecule has 0 radical (unpaired) electrons. The average Bonchev–Trinajstić information content (AvgIpc) is 3.41. The third kappa shape index (κ3) is 4.18. The maximum Gasteiger partial charge on any atom is 0.110 e. The zero-order chi connectivity index (χ0) is 21.2. The van der Waals surface area contributed by atoms with E-state index in [1.54, 1.807) is 0 Å². The molecule has 2 aromatic carbocycles. The summed E-state index contributed by atoms with van der Waals surface area (Å²) >= 11 is 3.57. The van der Waals surface area contributed by atoms with Gasteiger partial charge >= 0.3 is 0 Å². The van der Waals surface area contributed by atoms with Crippen molar-refractivity contribution in [1.82, 2.24) is 24.8 Å². The fraction of sp³-hybridized carbons (Fsp3) is 0.208. The Kier molecular flexibility index (Phi) is 5.41. The summed E-state index contributed by atoms with van der Waals surface area (Å²) in [6.07, 6.45) is 5.50. The van der Waals surface area contributed by atoms with Crippen molar-refractivity contribution in [2.45, 2.75) is 25.4 Å². The lowest BCUT2D eigenvalue weighted by molar-refractivity contribution is 0.539. The molecule has 0 fully saturated rings. The molecule has 0 aliphatic carbocycles. The number of fused-ring (bicyclic) bond motifs is 1. The molecule has 31 heavy (non-hydrogen) atoms. The first-order valence-electron chi connectivity index (χ1n) is 10.2. The van der Waals surface area contributed by atoms with Crippen LogP contribution in [-0.2, 0) is 19.4 Å². The van der Waals surface area contributed by atoms with Crippen molar-refractivity contribution in [3.05, 3.63) is 105 Å². The summed E-state index contributed by atoms with van der Waals surface area (Å²) < 4.78 is 3.30. The Balaban J connectivity index is 1.33. The van der Waals surface area contributed by atoms with Crippen molar-refractivity contribution in [3.63, 3.8) is 0 Å². The Morgan fingerprint density at radius 2 is 2.03 bits per heavy atom. The molecule has 154 valence electrons. The van der Waals surface area contributed by atoms with Crippen molar-refractivity contribution in [2.24, 2.45) is 0 Å². The van der Waals surface area contributed by atoms with Crippen molar-refractivity contribution in [3.8, 4) is 6.07 Å². The molecule has 1 aliphatic heterocycles. The van der Waals surface area contributed by atoms with Crippen LogP contribution in [0.1, 0.15) is 45.6 Å². The Bertz CT molecular complexity index is 1250. The standard InChI is InChI=1S/C24H21BrN6/c25-19-3-1-2-18(11-19)23-24-21(8-9-27-23)31(15-29-24)14-20-13-28-22(30-20)10-16-4-6-17(12-26)7-5-16/h1-7,11,13,15,23,27H,8-10,14H2,(H,28,30). The fourth-order valence-electron chi connectivity index (χ4n) is 4.12. The Morgan fingerprint density at radius 3 is 2.84 bits per heavy atom. The minimum atomic E-state index is 0.108. The summed E-state index contributed by atoms with van der Waals surface area (Å²) in [5, 5.41) is 12.5. The first kappa shape index (κ1) is 19.7. The van der Waals surface area contributed by atoms with Crippen molar-refractivity contribution >= 4 is 15.9 Å². The number of benzene rings is 2. The lowest BCUT2D eigenvalue weighted by Crippen LogP contribution is -2.31. The number of halogens is 1. The SMILES string of the molecule is N#Cc1ccc(Cc2ncc(Cn3cnc4c3CCNC4c3cccc(Br)c3)[nH]2)cc1. The van der Waals surface area contributed by atoms with Crippen LogP contribution in [0.15, 0.2) is 65.5 Å². The maximum absolute atomic E-state index is 8.94. The number of nitrogens with zero attached hydrogens (tertiary/aromatic N) is 4. The van der Waals surface area contributed by atoms with Crippen LogP contribution < -0.4 is 5.32 Å². The van der Waals surface area contributed by atoms with E-state index >= 15 is 0 Å². The topological polar surface area (TPSA) is 82.3 Å². The van der Waals surface area contributed by atoms with E-state index in [1.807, 2.05) is 42.9 Å². The molecular formula is C24H21BrN6. The molecule has 1 atom stereocenters. The van der Waals surface area contributed by atoms with Gasteiger partial charge in [-0.3, -0.25) is 0 Å². The first-order valence-corrected chi connectivity index (χ1v) is 11.0. The van der Waals surface area contributed by atoms with E-state index in [-0.39, 0.29) is 6.04 Å². The normalized spacial score (nSPS) is 15.4. The number of rotatable bonds is 5. The van der Waals surface area contributed by atoms with Crippen LogP contribution in [0.2, 0.25) is 0 Å². The van der Waals surface area contributed by atoms with E-state index in [0.29, 0.717) is 18.5 Å². The second-order valence-electron chi connectivity index (χ2n) is 7.74. The summed E-state index contributed by atoms with van der Waals surface area (Å²) in [6, 6.07) is 18.3. The van der Waals surface area contributed by atoms with Crippen LogP contribution in [0, 0.1) is 11.3 Å². The largest absolute Gasteiger partial charge is 0.344 e. The third-order valence-electron chi connectivity index (χ3n) is 5.62. The third-order valence-corrected chi connectivity index (χ3v) is 6.11. The predicted octanol–water partition coefficient (Wildman–Crippen LogP) is 4.11. The Labute approximate surface area is 189 Å². The van der Waals surface area contributed by atoms with Gasteiger partial charge in [-0.2, -0.15) is 5.26 Å². The minimum Gasteiger partial charge on any atom is -0.344 e.